The van der Waals surface area contributed by atoms with Gasteiger partial charge in [0.15, 0.2) is 0 Å². The highest BCUT2D eigenvalue weighted by atomic mass is 16.5. The number of nitrogen functional groups attached to an aromatic ring is 1. The van der Waals surface area contributed by atoms with Crippen molar-refractivity contribution in [2.24, 2.45) is 0 Å². The van der Waals surface area contributed by atoms with Crippen LogP contribution in [0.15, 0.2) is 12.4 Å². The minimum atomic E-state index is 0.244. The van der Waals surface area contributed by atoms with Crippen molar-refractivity contribution < 1.29 is 9.47 Å². The number of aromatic nitrogens is 2. The number of nitrogens with two attached hydrogens (primary N) is 1. The second-order valence-corrected chi connectivity index (χ2v) is 4.59. The van der Waals surface area contributed by atoms with Crippen molar-refractivity contribution in [2.75, 3.05) is 5.73 Å². The maximum Gasteiger partial charge on any atom is 0.141 e. The molecular formula is C12H19N3O2. The fourth-order valence-electron chi connectivity index (χ4n) is 2.12. The van der Waals surface area contributed by atoms with E-state index in [1.807, 2.05) is 0 Å². The molecular weight excluding hydrogens is 218 g/mol. The summed E-state index contributed by atoms with van der Waals surface area (Å²) in [6.07, 6.45) is 5.85. The summed E-state index contributed by atoms with van der Waals surface area (Å²) >= 11 is 0. The van der Waals surface area contributed by atoms with Crippen molar-refractivity contribution in [3.63, 3.8) is 0 Å². The van der Waals surface area contributed by atoms with E-state index in [9.17, 15) is 0 Å². The van der Waals surface area contributed by atoms with E-state index in [1.54, 1.807) is 12.4 Å². The molecule has 2 unspecified atom stereocenters. The number of nitrogens with zero attached hydrogens (tertiary/aromatic N) is 2. The lowest BCUT2D eigenvalue weighted by Crippen LogP contribution is -2.34. The summed E-state index contributed by atoms with van der Waals surface area (Å²) < 4.78 is 11.5. The Bertz CT molecular complexity index is 345. The van der Waals surface area contributed by atoms with Gasteiger partial charge in [-0.3, -0.25) is 4.98 Å². The van der Waals surface area contributed by atoms with Crippen molar-refractivity contribution in [1.82, 2.24) is 9.97 Å². The molecule has 1 fully saturated rings. The van der Waals surface area contributed by atoms with Gasteiger partial charge in [-0.25, -0.2) is 4.98 Å². The molecule has 0 radical (unpaired) electrons. The molecule has 2 N–H and O–H groups in total. The van der Waals surface area contributed by atoms with Gasteiger partial charge in [0, 0.05) is 0 Å². The minimum absolute atomic E-state index is 0.244. The summed E-state index contributed by atoms with van der Waals surface area (Å²) in [5.74, 6) is 0.432. The van der Waals surface area contributed by atoms with Crippen LogP contribution in [0, 0.1) is 0 Å². The molecule has 1 aromatic rings. The molecule has 17 heavy (non-hydrogen) atoms. The maximum absolute atomic E-state index is 5.83. The number of ether oxygens (including phenoxy) is 2. The van der Waals surface area contributed by atoms with Crippen LogP contribution in [0.25, 0.3) is 0 Å². The number of anilines is 1. The van der Waals surface area contributed by atoms with Gasteiger partial charge in [-0.1, -0.05) is 0 Å². The third kappa shape index (κ3) is 3.64. The molecule has 0 aliphatic carbocycles. The Morgan fingerprint density at radius 3 is 2.59 bits per heavy atom. The van der Waals surface area contributed by atoms with Crippen molar-refractivity contribution in [2.45, 2.75) is 51.6 Å². The van der Waals surface area contributed by atoms with E-state index in [0.29, 0.717) is 12.4 Å². The van der Waals surface area contributed by atoms with E-state index in [0.717, 1.165) is 18.5 Å². The molecule has 0 saturated carbocycles. The average Bonchev–Trinajstić information content (AvgIpc) is 2.27. The standard InChI is InChI=1S/C12H19N3O2/c1-8-3-11(4-9(2)17-8)16-7-10-5-15-12(13)6-14-10/h5-6,8-9,11H,3-4,7H2,1-2H3,(H2,13,15). The Hall–Kier alpha value is -1.20. The Balaban J connectivity index is 1.83. The van der Waals surface area contributed by atoms with Gasteiger partial charge in [-0.15, -0.1) is 0 Å². The second kappa shape index (κ2) is 5.42. The number of hydrogen-bond donors (Lipinski definition) is 1. The van der Waals surface area contributed by atoms with Crippen LogP contribution in [0.3, 0.4) is 0 Å². The van der Waals surface area contributed by atoms with Crippen LogP contribution in [0.1, 0.15) is 32.4 Å². The molecule has 1 saturated heterocycles. The van der Waals surface area contributed by atoms with Crippen LogP contribution in [0.5, 0.6) is 0 Å². The molecule has 1 aliphatic rings. The molecule has 0 spiro atoms. The van der Waals surface area contributed by atoms with Gasteiger partial charge in [-0.05, 0) is 26.7 Å². The summed E-state index contributed by atoms with van der Waals surface area (Å²) in [6, 6.07) is 0. The number of rotatable bonds is 3. The van der Waals surface area contributed by atoms with E-state index in [-0.39, 0.29) is 18.3 Å². The monoisotopic (exact) mass is 237 g/mol. The second-order valence-electron chi connectivity index (χ2n) is 4.59. The van der Waals surface area contributed by atoms with Crippen molar-refractivity contribution in [1.29, 1.82) is 0 Å². The van der Waals surface area contributed by atoms with Crippen molar-refractivity contribution in [3.8, 4) is 0 Å². The smallest absolute Gasteiger partial charge is 0.141 e. The lowest BCUT2D eigenvalue weighted by atomic mass is 10.0. The molecule has 0 aromatic carbocycles. The highest BCUT2D eigenvalue weighted by molar-refractivity contribution is 5.22. The first-order valence-corrected chi connectivity index (χ1v) is 5.97. The fourth-order valence-corrected chi connectivity index (χ4v) is 2.12. The molecule has 1 aromatic heterocycles. The Labute approximate surface area is 101 Å². The zero-order valence-electron chi connectivity index (χ0n) is 10.3. The van der Waals surface area contributed by atoms with Gasteiger partial charge >= 0.3 is 0 Å². The van der Waals surface area contributed by atoms with Gasteiger partial charge in [0.05, 0.1) is 43.0 Å². The topological polar surface area (TPSA) is 70.3 Å². The van der Waals surface area contributed by atoms with Crippen LogP contribution in [-0.4, -0.2) is 28.3 Å². The lowest BCUT2D eigenvalue weighted by molar-refractivity contribution is -0.106. The van der Waals surface area contributed by atoms with Gasteiger partial charge in [-0.2, -0.15) is 0 Å². The molecule has 5 heteroatoms. The molecule has 0 bridgehead atoms. The van der Waals surface area contributed by atoms with Crippen LogP contribution in [0.2, 0.25) is 0 Å². The summed E-state index contributed by atoms with van der Waals surface area (Å²) in [4.78, 5) is 8.14. The molecule has 94 valence electrons. The highest BCUT2D eigenvalue weighted by Crippen LogP contribution is 2.22. The normalized spacial score (nSPS) is 29.2. The summed E-state index contributed by atoms with van der Waals surface area (Å²) in [5.41, 5.74) is 6.28. The van der Waals surface area contributed by atoms with Crippen LogP contribution < -0.4 is 5.73 Å². The fraction of sp³-hybridized carbons (Fsp3) is 0.667. The highest BCUT2D eigenvalue weighted by Gasteiger charge is 2.24. The van der Waals surface area contributed by atoms with Gasteiger partial charge in [0.2, 0.25) is 0 Å². The first kappa shape index (κ1) is 12.3. The van der Waals surface area contributed by atoms with Crippen molar-refractivity contribution >= 4 is 5.82 Å². The lowest BCUT2D eigenvalue weighted by Gasteiger charge is -2.31. The van der Waals surface area contributed by atoms with E-state index < -0.39 is 0 Å². The molecule has 2 heterocycles. The summed E-state index contributed by atoms with van der Waals surface area (Å²) in [7, 11) is 0. The van der Waals surface area contributed by atoms with E-state index in [4.69, 9.17) is 15.2 Å². The zero-order valence-corrected chi connectivity index (χ0v) is 10.3. The molecule has 1 aliphatic heterocycles. The zero-order chi connectivity index (χ0) is 12.3. The molecule has 0 amide bonds. The van der Waals surface area contributed by atoms with E-state index >= 15 is 0 Å². The first-order chi connectivity index (χ1) is 8.13. The third-order valence-corrected chi connectivity index (χ3v) is 2.85. The van der Waals surface area contributed by atoms with Crippen LogP contribution in [0.4, 0.5) is 5.82 Å². The summed E-state index contributed by atoms with van der Waals surface area (Å²) in [5, 5.41) is 0. The van der Waals surface area contributed by atoms with Crippen LogP contribution in [-0.2, 0) is 16.1 Å². The Kier molecular flexibility index (Phi) is 3.91. The predicted molar refractivity (Wildman–Crippen MR) is 64.3 cm³/mol. The largest absolute Gasteiger partial charge is 0.382 e. The molecule has 5 nitrogen and oxygen atoms in total. The van der Waals surface area contributed by atoms with E-state index in [2.05, 4.69) is 23.8 Å². The molecule has 2 rings (SSSR count). The Morgan fingerprint density at radius 1 is 1.29 bits per heavy atom. The predicted octanol–water partition coefficient (Wildman–Crippen LogP) is 1.53. The van der Waals surface area contributed by atoms with Crippen molar-refractivity contribution in [3.05, 3.63) is 18.1 Å². The molecule has 2 atom stereocenters. The third-order valence-electron chi connectivity index (χ3n) is 2.85. The maximum atomic E-state index is 5.83. The summed E-state index contributed by atoms with van der Waals surface area (Å²) in [6.45, 7) is 4.64. The number of hydrogen-bond acceptors (Lipinski definition) is 5. The average molecular weight is 237 g/mol. The SMILES string of the molecule is CC1CC(OCc2cnc(N)cn2)CC(C)O1. The quantitative estimate of drug-likeness (QED) is 0.863. The van der Waals surface area contributed by atoms with Crippen LogP contribution >= 0.6 is 0 Å². The Morgan fingerprint density at radius 2 is 2.00 bits per heavy atom. The minimum Gasteiger partial charge on any atom is -0.382 e. The van der Waals surface area contributed by atoms with Gasteiger partial charge in [0.25, 0.3) is 0 Å². The van der Waals surface area contributed by atoms with Gasteiger partial charge < -0.3 is 15.2 Å². The van der Waals surface area contributed by atoms with Gasteiger partial charge in [0.1, 0.15) is 5.82 Å². The van der Waals surface area contributed by atoms with E-state index in [1.165, 1.54) is 0 Å². The first-order valence-electron chi connectivity index (χ1n) is 5.97.